The second-order valence-electron chi connectivity index (χ2n) is 7.33. The molecule has 1 fully saturated rings. The highest BCUT2D eigenvalue weighted by Crippen LogP contribution is 2.38. The van der Waals surface area contributed by atoms with Gasteiger partial charge in [0, 0.05) is 26.7 Å². The van der Waals surface area contributed by atoms with Crippen LogP contribution in [0, 0.1) is 0 Å². The minimum atomic E-state index is -0.782. The Kier molecular flexibility index (Phi) is 6.15. The molecular formula is C22H23BrN2O3S. The van der Waals surface area contributed by atoms with Crippen molar-refractivity contribution in [3.8, 4) is 5.75 Å². The molecule has 0 radical (unpaired) electrons. The van der Waals surface area contributed by atoms with E-state index in [0.29, 0.717) is 17.0 Å². The third-order valence-electron chi connectivity index (χ3n) is 5.43. The van der Waals surface area contributed by atoms with Crippen LogP contribution in [-0.2, 0) is 9.59 Å². The molecule has 1 saturated carbocycles. The maximum absolute atomic E-state index is 13.5. The summed E-state index contributed by atoms with van der Waals surface area (Å²) in [6.07, 6.45) is 6.20. The van der Waals surface area contributed by atoms with Crippen LogP contribution in [-0.4, -0.2) is 30.7 Å². The van der Waals surface area contributed by atoms with Crippen LogP contribution >= 0.6 is 27.7 Å². The van der Waals surface area contributed by atoms with E-state index >= 15 is 0 Å². The van der Waals surface area contributed by atoms with Crippen LogP contribution in [0.3, 0.4) is 0 Å². The van der Waals surface area contributed by atoms with Crippen LogP contribution in [0.5, 0.6) is 5.75 Å². The first-order valence-electron chi connectivity index (χ1n) is 9.75. The Labute approximate surface area is 183 Å². The maximum atomic E-state index is 13.5. The van der Waals surface area contributed by atoms with Crippen LogP contribution in [0.25, 0.3) is 0 Å². The molecule has 2 aromatic rings. The Balaban J connectivity index is 1.80. The monoisotopic (exact) mass is 474 g/mol. The summed E-state index contributed by atoms with van der Waals surface area (Å²) in [6.45, 7) is -0.106. The van der Waals surface area contributed by atoms with E-state index in [-0.39, 0.29) is 24.5 Å². The van der Waals surface area contributed by atoms with Crippen LogP contribution < -0.4 is 15.0 Å². The van der Waals surface area contributed by atoms with Gasteiger partial charge in [0.1, 0.15) is 11.8 Å². The number of halogens is 1. The molecule has 0 bridgehead atoms. The van der Waals surface area contributed by atoms with Gasteiger partial charge in [0.25, 0.3) is 5.91 Å². The molecular weight excluding hydrogens is 452 g/mol. The van der Waals surface area contributed by atoms with Gasteiger partial charge < -0.3 is 10.1 Å². The van der Waals surface area contributed by atoms with E-state index in [1.165, 1.54) is 0 Å². The average molecular weight is 475 g/mol. The molecule has 1 aliphatic carbocycles. The van der Waals surface area contributed by atoms with E-state index in [4.69, 9.17) is 4.74 Å². The highest BCUT2D eigenvalue weighted by atomic mass is 79.9. The first-order chi connectivity index (χ1) is 14.1. The summed E-state index contributed by atoms with van der Waals surface area (Å²) in [5.41, 5.74) is 1.39. The number of hydrogen-bond acceptors (Lipinski definition) is 4. The van der Waals surface area contributed by atoms with Gasteiger partial charge in [-0.25, -0.2) is 0 Å². The van der Waals surface area contributed by atoms with Crippen molar-refractivity contribution in [2.75, 3.05) is 17.8 Å². The van der Waals surface area contributed by atoms with Crippen molar-refractivity contribution in [3.63, 3.8) is 0 Å². The molecule has 1 heterocycles. The van der Waals surface area contributed by atoms with Gasteiger partial charge in [-0.15, -0.1) is 11.8 Å². The molecule has 1 atom stereocenters. The predicted molar refractivity (Wildman–Crippen MR) is 118 cm³/mol. The predicted octanol–water partition coefficient (Wildman–Crippen LogP) is 4.70. The molecule has 5 nitrogen and oxygen atoms in total. The lowest BCUT2D eigenvalue weighted by atomic mass is 10.0. The first-order valence-corrected chi connectivity index (χ1v) is 11.8. The number of carbonyl (C=O) groups is 2. The summed E-state index contributed by atoms with van der Waals surface area (Å²) in [5.74, 6) is 0.170. The van der Waals surface area contributed by atoms with Crippen molar-refractivity contribution in [2.45, 2.75) is 42.7 Å². The SMILES string of the molecule is CSc1cccc(N2C(=O)COc3ccc(Br)cc3C2C(=O)NC2CCCC2)c1. The Morgan fingerprint density at radius 3 is 2.76 bits per heavy atom. The Bertz CT molecular complexity index is 930. The minimum absolute atomic E-state index is 0.106. The van der Waals surface area contributed by atoms with Gasteiger partial charge in [-0.2, -0.15) is 0 Å². The summed E-state index contributed by atoms with van der Waals surface area (Å²) >= 11 is 5.10. The Morgan fingerprint density at radius 2 is 2.00 bits per heavy atom. The van der Waals surface area contributed by atoms with E-state index in [9.17, 15) is 9.59 Å². The van der Waals surface area contributed by atoms with Crippen molar-refractivity contribution in [1.29, 1.82) is 0 Å². The van der Waals surface area contributed by atoms with Gasteiger partial charge in [-0.05, 0) is 55.5 Å². The molecule has 1 aliphatic heterocycles. The zero-order chi connectivity index (χ0) is 20.4. The van der Waals surface area contributed by atoms with E-state index in [2.05, 4.69) is 21.2 Å². The molecule has 7 heteroatoms. The summed E-state index contributed by atoms with van der Waals surface area (Å²) < 4.78 is 6.62. The van der Waals surface area contributed by atoms with Crippen LogP contribution in [0.4, 0.5) is 5.69 Å². The third-order valence-corrected chi connectivity index (χ3v) is 6.64. The number of hydrogen-bond donors (Lipinski definition) is 1. The number of amides is 2. The number of fused-ring (bicyclic) bond motifs is 1. The van der Waals surface area contributed by atoms with Gasteiger partial charge in [-0.3, -0.25) is 14.5 Å². The van der Waals surface area contributed by atoms with Gasteiger partial charge >= 0.3 is 0 Å². The molecule has 0 saturated heterocycles. The van der Waals surface area contributed by atoms with E-state index in [1.807, 2.05) is 48.7 Å². The first kappa shape index (κ1) is 20.3. The largest absolute Gasteiger partial charge is 0.483 e. The molecule has 1 unspecified atom stereocenters. The van der Waals surface area contributed by atoms with Crippen LogP contribution in [0.2, 0.25) is 0 Å². The standard InChI is InChI=1S/C22H23BrN2O3S/c1-29-17-8-4-7-16(12-17)25-20(26)13-28-19-10-9-14(23)11-18(19)21(25)22(27)24-15-5-2-3-6-15/h4,7-12,15,21H,2-3,5-6,13H2,1H3,(H,24,27). The second-order valence-corrected chi connectivity index (χ2v) is 9.12. The van der Waals surface area contributed by atoms with Crippen molar-refractivity contribution in [2.24, 2.45) is 0 Å². The summed E-state index contributed by atoms with van der Waals surface area (Å²) in [7, 11) is 0. The zero-order valence-electron chi connectivity index (χ0n) is 16.2. The number of nitrogens with zero attached hydrogens (tertiary/aromatic N) is 1. The third kappa shape index (κ3) is 4.31. The lowest BCUT2D eigenvalue weighted by molar-refractivity contribution is -0.127. The number of ether oxygens (including phenoxy) is 1. The van der Waals surface area contributed by atoms with E-state index < -0.39 is 6.04 Å². The lowest BCUT2D eigenvalue weighted by Gasteiger charge is -2.30. The van der Waals surface area contributed by atoms with Crippen molar-refractivity contribution < 1.29 is 14.3 Å². The number of thioether (sulfide) groups is 1. The molecule has 2 aliphatic rings. The Morgan fingerprint density at radius 1 is 1.21 bits per heavy atom. The number of anilines is 1. The summed E-state index contributed by atoms with van der Waals surface area (Å²) in [5, 5.41) is 3.18. The van der Waals surface area contributed by atoms with Crippen LogP contribution in [0.1, 0.15) is 37.3 Å². The van der Waals surface area contributed by atoms with Crippen molar-refractivity contribution in [3.05, 3.63) is 52.5 Å². The Hall–Kier alpha value is -1.99. The normalized spacial score (nSPS) is 19.4. The van der Waals surface area contributed by atoms with Gasteiger partial charge in [0.15, 0.2) is 6.61 Å². The fraction of sp³-hybridized carbons (Fsp3) is 0.364. The number of rotatable bonds is 4. The quantitative estimate of drug-likeness (QED) is 0.652. The molecule has 1 N–H and O–H groups in total. The zero-order valence-corrected chi connectivity index (χ0v) is 18.6. The van der Waals surface area contributed by atoms with Crippen molar-refractivity contribution >= 4 is 45.2 Å². The summed E-state index contributed by atoms with van der Waals surface area (Å²) in [6, 6.07) is 12.6. The molecule has 2 aromatic carbocycles. The van der Waals surface area contributed by atoms with E-state index in [0.717, 1.165) is 35.1 Å². The smallest absolute Gasteiger partial charge is 0.265 e. The number of nitrogens with one attached hydrogen (secondary N) is 1. The maximum Gasteiger partial charge on any atom is 0.265 e. The summed E-state index contributed by atoms with van der Waals surface area (Å²) in [4.78, 5) is 29.2. The van der Waals surface area contributed by atoms with Crippen LogP contribution in [0.15, 0.2) is 51.8 Å². The highest BCUT2D eigenvalue weighted by Gasteiger charge is 2.38. The lowest BCUT2D eigenvalue weighted by Crippen LogP contribution is -2.46. The fourth-order valence-corrected chi connectivity index (χ4v) is 4.85. The molecule has 29 heavy (non-hydrogen) atoms. The van der Waals surface area contributed by atoms with Gasteiger partial charge in [0.05, 0.1) is 0 Å². The molecule has 2 amide bonds. The fourth-order valence-electron chi connectivity index (χ4n) is 4.02. The topological polar surface area (TPSA) is 58.6 Å². The van der Waals surface area contributed by atoms with Gasteiger partial charge in [-0.1, -0.05) is 34.8 Å². The second kappa shape index (κ2) is 8.79. The molecule has 152 valence electrons. The molecule has 4 rings (SSSR count). The molecule has 0 aromatic heterocycles. The minimum Gasteiger partial charge on any atom is -0.483 e. The number of carbonyl (C=O) groups excluding carboxylic acids is 2. The van der Waals surface area contributed by atoms with E-state index in [1.54, 1.807) is 16.7 Å². The highest BCUT2D eigenvalue weighted by molar-refractivity contribution is 9.10. The number of benzene rings is 2. The molecule has 0 spiro atoms. The van der Waals surface area contributed by atoms with Crippen molar-refractivity contribution in [1.82, 2.24) is 5.32 Å². The van der Waals surface area contributed by atoms with Gasteiger partial charge in [0.2, 0.25) is 5.91 Å². The average Bonchev–Trinajstić information content (AvgIpc) is 3.18.